The van der Waals surface area contributed by atoms with Gasteiger partial charge in [0, 0.05) is 25.1 Å². The van der Waals surface area contributed by atoms with Gasteiger partial charge in [0.05, 0.1) is 13.2 Å². The van der Waals surface area contributed by atoms with Gasteiger partial charge in [0.25, 0.3) is 0 Å². The molecule has 1 aromatic rings. The first-order valence-electron chi connectivity index (χ1n) is 6.31. The second-order valence-corrected chi connectivity index (χ2v) is 6.08. The number of halogens is 1. The number of ether oxygens (including phenoxy) is 1. The summed E-state index contributed by atoms with van der Waals surface area (Å²) in [5.74, 6) is 4.41. The molecule has 7 heteroatoms. The molecule has 21 heavy (non-hydrogen) atoms. The van der Waals surface area contributed by atoms with Crippen molar-refractivity contribution in [2.24, 2.45) is 0 Å². The van der Waals surface area contributed by atoms with Gasteiger partial charge < -0.3 is 9.84 Å². The van der Waals surface area contributed by atoms with E-state index in [4.69, 9.17) is 9.84 Å². The first-order chi connectivity index (χ1) is 9.90. The minimum Gasteiger partial charge on any atom is -0.395 e. The average molecular weight is 315 g/mol. The first kappa shape index (κ1) is 17.6. The van der Waals surface area contributed by atoms with Gasteiger partial charge in [0.15, 0.2) is 0 Å². The summed E-state index contributed by atoms with van der Waals surface area (Å²) in [6.07, 6.45) is 0.276. The molecule has 0 amide bonds. The number of rotatable bonds is 6. The molecule has 0 aliphatic carbocycles. The van der Waals surface area contributed by atoms with E-state index >= 15 is 0 Å². The lowest BCUT2D eigenvalue weighted by Crippen LogP contribution is -2.36. The third-order valence-electron chi connectivity index (χ3n) is 2.46. The lowest BCUT2D eigenvalue weighted by atomic mass is 10.2. The average Bonchev–Trinajstić information content (AvgIpc) is 2.38. The maximum Gasteiger partial charge on any atom is 0.243 e. The van der Waals surface area contributed by atoms with Crippen LogP contribution >= 0.6 is 0 Å². The monoisotopic (exact) mass is 315 g/mol. The van der Waals surface area contributed by atoms with Crippen LogP contribution < -0.4 is 4.72 Å². The molecule has 0 aromatic heterocycles. The lowest BCUT2D eigenvalue weighted by molar-refractivity contribution is 0.180. The minimum absolute atomic E-state index is 0.0801. The van der Waals surface area contributed by atoms with Gasteiger partial charge in [0.1, 0.15) is 10.7 Å². The standard InChI is InChI=1S/C14H18FNO4S/c1-11(10-20-2)16-21(18,19)14-7-6-12(9-13(14)15)5-3-4-8-17/h6-7,9,11,16-17H,4,8,10H2,1-2H3. The van der Waals surface area contributed by atoms with E-state index < -0.39 is 26.8 Å². The number of nitrogens with one attached hydrogen (secondary N) is 1. The molecule has 0 bridgehead atoms. The van der Waals surface area contributed by atoms with Crippen LogP contribution in [0.2, 0.25) is 0 Å². The molecule has 0 aliphatic heterocycles. The fourth-order valence-corrected chi connectivity index (χ4v) is 2.92. The van der Waals surface area contributed by atoms with E-state index in [1.165, 1.54) is 19.2 Å². The van der Waals surface area contributed by atoms with Gasteiger partial charge in [-0.25, -0.2) is 17.5 Å². The number of aliphatic hydroxyl groups is 1. The first-order valence-corrected chi connectivity index (χ1v) is 7.79. The molecule has 0 saturated heterocycles. The van der Waals surface area contributed by atoms with Crippen LogP contribution in [0.5, 0.6) is 0 Å². The van der Waals surface area contributed by atoms with Crippen LogP contribution in [-0.4, -0.2) is 39.9 Å². The van der Waals surface area contributed by atoms with Crippen molar-refractivity contribution in [3.05, 3.63) is 29.6 Å². The second-order valence-electron chi connectivity index (χ2n) is 4.40. The molecule has 1 unspecified atom stereocenters. The van der Waals surface area contributed by atoms with Crippen molar-refractivity contribution in [3.63, 3.8) is 0 Å². The Morgan fingerprint density at radius 2 is 2.19 bits per heavy atom. The van der Waals surface area contributed by atoms with E-state index in [1.807, 2.05) is 0 Å². The maximum absolute atomic E-state index is 13.9. The van der Waals surface area contributed by atoms with E-state index in [0.29, 0.717) is 5.56 Å². The lowest BCUT2D eigenvalue weighted by Gasteiger charge is -2.13. The van der Waals surface area contributed by atoms with Gasteiger partial charge in [-0.2, -0.15) is 0 Å². The summed E-state index contributed by atoms with van der Waals surface area (Å²) >= 11 is 0. The quantitative estimate of drug-likeness (QED) is 0.764. The molecule has 1 atom stereocenters. The zero-order valence-corrected chi connectivity index (χ0v) is 12.7. The van der Waals surface area contributed by atoms with E-state index in [9.17, 15) is 12.8 Å². The Morgan fingerprint density at radius 1 is 1.48 bits per heavy atom. The molecular weight excluding hydrogens is 297 g/mol. The molecule has 2 N–H and O–H groups in total. The Morgan fingerprint density at radius 3 is 2.76 bits per heavy atom. The number of methoxy groups -OCH3 is 1. The van der Waals surface area contributed by atoms with Crippen LogP contribution in [0.3, 0.4) is 0 Å². The molecule has 0 heterocycles. The highest BCUT2D eigenvalue weighted by Crippen LogP contribution is 2.16. The van der Waals surface area contributed by atoms with E-state index in [-0.39, 0.29) is 19.6 Å². The number of benzene rings is 1. The van der Waals surface area contributed by atoms with Crippen LogP contribution in [0.4, 0.5) is 4.39 Å². The summed E-state index contributed by atoms with van der Waals surface area (Å²) in [6.45, 7) is 1.72. The molecule has 5 nitrogen and oxygen atoms in total. The van der Waals surface area contributed by atoms with Crippen molar-refractivity contribution in [1.29, 1.82) is 0 Å². The number of sulfonamides is 1. The summed E-state index contributed by atoms with van der Waals surface area (Å²) in [6, 6.07) is 3.17. The largest absolute Gasteiger partial charge is 0.395 e. The molecule has 0 fully saturated rings. The highest BCUT2D eigenvalue weighted by atomic mass is 32.2. The van der Waals surface area contributed by atoms with Crippen molar-refractivity contribution >= 4 is 10.0 Å². The molecule has 0 radical (unpaired) electrons. The summed E-state index contributed by atoms with van der Waals surface area (Å²) in [5.41, 5.74) is 0.352. The van der Waals surface area contributed by atoms with Crippen molar-refractivity contribution in [3.8, 4) is 11.8 Å². The topological polar surface area (TPSA) is 75.6 Å². The van der Waals surface area contributed by atoms with Gasteiger partial charge in [-0.05, 0) is 25.1 Å². The Kier molecular flexibility index (Phi) is 6.78. The Labute approximate surface area is 124 Å². The van der Waals surface area contributed by atoms with Crippen LogP contribution in [0.15, 0.2) is 23.1 Å². The molecule has 116 valence electrons. The molecule has 0 saturated carbocycles. The van der Waals surface area contributed by atoms with Crippen molar-refractivity contribution < 1.29 is 22.7 Å². The molecule has 0 aliphatic rings. The van der Waals surface area contributed by atoms with E-state index in [2.05, 4.69) is 16.6 Å². The van der Waals surface area contributed by atoms with Crippen LogP contribution in [0.1, 0.15) is 18.9 Å². The van der Waals surface area contributed by atoms with Gasteiger partial charge in [0.2, 0.25) is 10.0 Å². The highest BCUT2D eigenvalue weighted by molar-refractivity contribution is 7.89. The normalized spacial score (nSPS) is 12.6. The predicted octanol–water partition coefficient (Wildman–Crippen LogP) is 0.873. The van der Waals surface area contributed by atoms with Crippen molar-refractivity contribution in [1.82, 2.24) is 4.72 Å². The third kappa shape index (κ3) is 5.44. The third-order valence-corrected chi connectivity index (χ3v) is 4.09. The number of hydrogen-bond acceptors (Lipinski definition) is 4. The zero-order chi connectivity index (χ0) is 15.9. The van der Waals surface area contributed by atoms with Crippen LogP contribution in [0.25, 0.3) is 0 Å². The van der Waals surface area contributed by atoms with Gasteiger partial charge in [-0.15, -0.1) is 0 Å². The molecule has 1 aromatic carbocycles. The van der Waals surface area contributed by atoms with Crippen molar-refractivity contribution in [2.75, 3.05) is 20.3 Å². The fourth-order valence-electron chi connectivity index (χ4n) is 1.63. The zero-order valence-electron chi connectivity index (χ0n) is 11.9. The Bertz CT molecular complexity index is 634. The van der Waals surface area contributed by atoms with Gasteiger partial charge in [-0.3, -0.25) is 0 Å². The summed E-state index contributed by atoms with van der Waals surface area (Å²) < 4.78 is 45.1. The highest BCUT2D eigenvalue weighted by Gasteiger charge is 2.21. The smallest absolute Gasteiger partial charge is 0.243 e. The number of hydrogen-bond donors (Lipinski definition) is 2. The summed E-state index contributed by atoms with van der Waals surface area (Å²) in [5, 5.41) is 8.60. The Balaban J connectivity index is 2.96. The minimum atomic E-state index is -3.95. The van der Waals surface area contributed by atoms with E-state index in [0.717, 1.165) is 6.07 Å². The molecule has 0 spiro atoms. The molecular formula is C14H18FNO4S. The summed E-state index contributed by atoms with van der Waals surface area (Å²) in [7, 11) is -2.50. The van der Waals surface area contributed by atoms with Crippen molar-refractivity contribution in [2.45, 2.75) is 24.3 Å². The van der Waals surface area contributed by atoms with Gasteiger partial charge >= 0.3 is 0 Å². The van der Waals surface area contributed by atoms with Gasteiger partial charge in [-0.1, -0.05) is 11.8 Å². The van der Waals surface area contributed by atoms with Crippen LogP contribution in [0, 0.1) is 17.7 Å². The second kappa shape index (κ2) is 8.10. The maximum atomic E-state index is 13.9. The fraction of sp³-hybridized carbons (Fsp3) is 0.429. The molecule has 1 rings (SSSR count). The predicted molar refractivity (Wildman–Crippen MR) is 76.6 cm³/mol. The SMILES string of the molecule is COCC(C)NS(=O)(=O)c1ccc(C#CCCO)cc1F. The Hall–Kier alpha value is -1.46. The van der Waals surface area contributed by atoms with Crippen LogP contribution in [-0.2, 0) is 14.8 Å². The number of aliphatic hydroxyl groups excluding tert-OH is 1. The van der Waals surface area contributed by atoms with E-state index in [1.54, 1.807) is 6.92 Å². The summed E-state index contributed by atoms with van der Waals surface area (Å²) in [4.78, 5) is -0.432.